The van der Waals surface area contributed by atoms with Crippen LogP contribution in [0.5, 0.6) is 0 Å². The number of rotatable bonds is 4. The number of amides is 2. The second-order valence-corrected chi connectivity index (χ2v) is 7.01. The van der Waals surface area contributed by atoms with Gasteiger partial charge in [-0.1, -0.05) is 11.6 Å². The van der Waals surface area contributed by atoms with Gasteiger partial charge in [0.25, 0.3) is 0 Å². The normalized spacial score (nSPS) is 24.8. The fourth-order valence-corrected chi connectivity index (χ4v) is 3.93. The Morgan fingerprint density at radius 2 is 1.88 bits per heavy atom. The third-order valence-corrected chi connectivity index (χ3v) is 4.92. The van der Waals surface area contributed by atoms with Gasteiger partial charge in [0.05, 0.1) is 10.7 Å². The standard InChI is InChI=1S/C17H22ClN3O2.ClH/c1-10(22)19-16-5-4-14(9-15(16)18)21-17(23)8-11-6-12-2-3-13(7-11)20-12;/h4-5,9,11-13,20H,2-3,6-8H2,1H3,(H,19,22)(H,21,23);1H. The largest absolute Gasteiger partial charge is 0.326 e. The smallest absolute Gasteiger partial charge is 0.224 e. The van der Waals surface area contributed by atoms with Crippen LogP contribution in [0.4, 0.5) is 11.4 Å². The van der Waals surface area contributed by atoms with Crippen LogP contribution >= 0.6 is 24.0 Å². The number of nitrogens with one attached hydrogen (secondary N) is 3. The van der Waals surface area contributed by atoms with Gasteiger partial charge in [0.15, 0.2) is 0 Å². The first kappa shape index (κ1) is 19.0. The molecule has 0 aromatic heterocycles. The second kappa shape index (κ2) is 8.19. The highest BCUT2D eigenvalue weighted by Crippen LogP contribution is 2.33. The third-order valence-electron chi connectivity index (χ3n) is 4.61. The molecule has 2 bridgehead atoms. The number of halogens is 2. The van der Waals surface area contributed by atoms with Gasteiger partial charge in [-0.05, 0) is 49.8 Å². The topological polar surface area (TPSA) is 70.2 Å². The summed E-state index contributed by atoms with van der Waals surface area (Å²) in [5, 5.41) is 9.55. The van der Waals surface area contributed by atoms with Gasteiger partial charge in [-0.2, -0.15) is 0 Å². The van der Waals surface area contributed by atoms with E-state index in [2.05, 4.69) is 16.0 Å². The second-order valence-electron chi connectivity index (χ2n) is 6.60. The molecule has 0 radical (unpaired) electrons. The summed E-state index contributed by atoms with van der Waals surface area (Å²) in [6.07, 6.45) is 5.21. The lowest BCUT2D eigenvalue weighted by Crippen LogP contribution is -2.39. The van der Waals surface area contributed by atoms with Crippen molar-refractivity contribution in [2.24, 2.45) is 5.92 Å². The molecule has 1 aromatic carbocycles. The minimum absolute atomic E-state index is 0. The first-order valence-electron chi connectivity index (χ1n) is 8.12. The van der Waals surface area contributed by atoms with Crippen LogP contribution < -0.4 is 16.0 Å². The molecule has 2 heterocycles. The maximum absolute atomic E-state index is 12.2. The predicted octanol–water partition coefficient (Wildman–Crippen LogP) is 3.58. The van der Waals surface area contributed by atoms with Crippen molar-refractivity contribution in [1.82, 2.24) is 5.32 Å². The number of hydrogen-bond acceptors (Lipinski definition) is 3. The number of carbonyl (C=O) groups is 2. The molecule has 2 unspecified atom stereocenters. The molecule has 2 saturated heterocycles. The van der Waals surface area contributed by atoms with Gasteiger partial charge in [0.1, 0.15) is 0 Å². The number of piperidine rings is 1. The van der Waals surface area contributed by atoms with Crippen molar-refractivity contribution in [2.45, 2.75) is 51.1 Å². The zero-order valence-corrected chi connectivity index (χ0v) is 15.2. The van der Waals surface area contributed by atoms with Gasteiger partial charge in [-0.25, -0.2) is 0 Å². The summed E-state index contributed by atoms with van der Waals surface area (Å²) in [4.78, 5) is 23.3. The first-order valence-corrected chi connectivity index (χ1v) is 8.50. The Labute approximate surface area is 153 Å². The minimum atomic E-state index is -0.177. The van der Waals surface area contributed by atoms with Gasteiger partial charge in [0, 0.05) is 31.1 Å². The van der Waals surface area contributed by atoms with E-state index in [1.165, 1.54) is 19.8 Å². The van der Waals surface area contributed by atoms with Crippen molar-refractivity contribution in [3.05, 3.63) is 23.2 Å². The summed E-state index contributed by atoms with van der Waals surface area (Å²) in [5.41, 5.74) is 1.21. The lowest BCUT2D eigenvalue weighted by molar-refractivity contribution is -0.117. The molecular formula is C17H23Cl2N3O2. The van der Waals surface area contributed by atoms with E-state index in [0.29, 0.717) is 40.8 Å². The molecular weight excluding hydrogens is 349 g/mol. The lowest BCUT2D eigenvalue weighted by Gasteiger charge is -2.28. The fourth-order valence-electron chi connectivity index (χ4n) is 3.70. The molecule has 132 valence electrons. The average Bonchev–Trinajstić information content (AvgIpc) is 2.80. The number of benzene rings is 1. The van der Waals surface area contributed by atoms with Crippen molar-refractivity contribution < 1.29 is 9.59 Å². The van der Waals surface area contributed by atoms with E-state index in [-0.39, 0.29) is 24.2 Å². The summed E-state index contributed by atoms with van der Waals surface area (Å²) in [6, 6.07) is 6.30. The van der Waals surface area contributed by atoms with Gasteiger partial charge in [0.2, 0.25) is 11.8 Å². The zero-order chi connectivity index (χ0) is 16.4. The molecule has 0 aliphatic carbocycles. The molecule has 3 N–H and O–H groups in total. The highest BCUT2D eigenvalue weighted by molar-refractivity contribution is 6.34. The number of fused-ring (bicyclic) bond motifs is 2. The predicted molar refractivity (Wildman–Crippen MR) is 98.9 cm³/mol. The summed E-state index contributed by atoms with van der Waals surface area (Å²) in [6.45, 7) is 1.43. The summed E-state index contributed by atoms with van der Waals surface area (Å²) in [5.74, 6) is 0.312. The third kappa shape index (κ3) is 4.85. The van der Waals surface area contributed by atoms with Gasteiger partial charge in [-0.3, -0.25) is 9.59 Å². The molecule has 0 spiro atoms. The number of anilines is 2. The Kier molecular flexibility index (Phi) is 6.49. The van der Waals surface area contributed by atoms with Crippen LogP contribution in [0.25, 0.3) is 0 Å². The molecule has 0 saturated carbocycles. The zero-order valence-electron chi connectivity index (χ0n) is 13.6. The van der Waals surface area contributed by atoms with Crippen molar-refractivity contribution >= 4 is 47.2 Å². The molecule has 2 aliphatic rings. The monoisotopic (exact) mass is 371 g/mol. The molecule has 3 rings (SSSR count). The van der Waals surface area contributed by atoms with E-state index in [4.69, 9.17) is 11.6 Å². The lowest BCUT2D eigenvalue weighted by atomic mass is 9.89. The number of hydrogen-bond donors (Lipinski definition) is 3. The molecule has 2 fully saturated rings. The Hall–Kier alpha value is -1.30. The van der Waals surface area contributed by atoms with Crippen LogP contribution in [-0.4, -0.2) is 23.9 Å². The Bertz CT molecular complexity index is 612. The van der Waals surface area contributed by atoms with E-state index >= 15 is 0 Å². The summed E-state index contributed by atoms with van der Waals surface area (Å²) >= 11 is 6.12. The van der Waals surface area contributed by atoms with E-state index in [0.717, 1.165) is 12.8 Å². The van der Waals surface area contributed by atoms with E-state index in [1.54, 1.807) is 18.2 Å². The van der Waals surface area contributed by atoms with E-state index in [9.17, 15) is 9.59 Å². The molecule has 2 atom stereocenters. The van der Waals surface area contributed by atoms with Crippen LogP contribution in [0.2, 0.25) is 5.02 Å². The van der Waals surface area contributed by atoms with Crippen molar-refractivity contribution in [3.63, 3.8) is 0 Å². The van der Waals surface area contributed by atoms with Gasteiger partial charge >= 0.3 is 0 Å². The minimum Gasteiger partial charge on any atom is -0.326 e. The van der Waals surface area contributed by atoms with Gasteiger partial charge < -0.3 is 16.0 Å². The van der Waals surface area contributed by atoms with Crippen LogP contribution in [0.1, 0.15) is 39.0 Å². The van der Waals surface area contributed by atoms with Crippen LogP contribution in [0, 0.1) is 5.92 Å². The average molecular weight is 372 g/mol. The first-order chi connectivity index (χ1) is 11.0. The SMILES string of the molecule is CC(=O)Nc1ccc(NC(=O)CC2CC3CCC(C2)N3)cc1Cl.Cl. The fraction of sp³-hybridized carbons (Fsp3) is 0.529. The van der Waals surface area contributed by atoms with Crippen LogP contribution in [0.3, 0.4) is 0 Å². The van der Waals surface area contributed by atoms with Gasteiger partial charge in [-0.15, -0.1) is 12.4 Å². The van der Waals surface area contributed by atoms with Crippen molar-refractivity contribution in [2.75, 3.05) is 10.6 Å². The highest BCUT2D eigenvalue weighted by atomic mass is 35.5. The summed E-state index contributed by atoms with van der Waals surface area (Å²) < 4.78 is 0. The molecule has 2 aliphatic heterocycles. The highest BCUT2D eigenvalue weighted by Gasteiger charge is 2.34. The number of carbonyl (C=O) groups excluding carboxylic acids is 2. The maximum Gasteiger partial charge on any atom is 0.224 e. The Morgan fingerprint density at radius 1 is 1.21 bits per heavy atom. The molecule has 24 heavy (non-hydrogen) atoms. The molecule has 2 amide bonds. The maximum atomic E-state index is 12.2. The van der Waals surface area contributed by atoms with Crippen LogP contribution in [0.15, 0.2) is 18.2 Å². The Morgan fingerprint density at radius 3 is 2.46 bits per heavy atom. The summed E-state index contributed by atoms with van der Waals surface area (Å²) in [7, 11) is 0. The molecule has 5 nitrogen and oxygen atoms in total. The quantitative estimate of drug-likeness (QED) is 0.757. The van der Waals surface area contributed by atoms with E-state index in [1.807, 2.05) is 0 Å². The van der Waals surface area contributed by atoms with Crippen molar-refractivity contribution in [3.8, 4) is 0 Å². The van der Waals surface area contributed by atoms with Crippen molar-refractivity contribution in [1.29, 1.82) is 0 Å². The molecule has 1 aromatic rings. The van der Waals surface area contributed by atoms with Crippen LogP contribution in [-0.2, 0) is 9.59 Å². The van der Waals surface area contributed by atoms with E-state index < -0.39 is 0 Å². The Balaban J connectivity index is 0.00000208. The molecule has 7 heteroatoms.